The van der Waals surface area contributed by atoms with E-state index in [-0.39, 0.29) is 5.56 Å². The number of fused-ring (bicyclic) bond motifs is 3. The van der Waals surface area contributed by atoms with E-state index in [1.54, 1.807) is 22.2 Å². The van der Waals surface area contributed by atoms with Crippen LogP contribution in [0.3, 0.4) is 0 Å². The molecule has 4 rings (SSSR count). The summed E-state index contributed by atoms with van der Waals surface area (Å²) in [7, 11) is 0. The van der Waals surface area contributed by atoms with Crippen LogP contribution in [0.2, 0.25) is 0 Å². The number of aromatic nitrogens is 2. The van der Waals surface area contributed by atoms with Crippen LogP contribution in [0.5, 0.6) is 0 Å². The highest BCUT2D eigenvalue weighted by atomic mass is 32.1. The lowest BCUT2D eigenvalue weighted by Crippen LogP contribution is -2.22. The van der Waals surface area contributed by atoms with Crippen LogP contribution in [0.4, 0.5) is 0 Å². The van der Waals surface area contributed by atoms with Gasteiger partial charge in [0.1, 0.15) is 4.83 Å². The van der Waals surface area contributed by atoms with E-state index in [1.807, 2.05) is 30.3 Å². The molecule has 0 saturated heterocycles. The molecule has 0 unspecified atom stereocenters. The Bertz CT molecular complexity index is 879. The Kier molecular flexibility index (Phi) is 3.34. The van der Waals surface area contributed by atoms with Gasteiger partial charge in [0.2, 0.25) is 0 Å². The first-order chi connectivity index (χ1) is 10.7. The average Bonchev–Trinajstić information content (AvgIpc) is 2.89. The Labute approximate surface area is 133 Å². The largest absolute Gasteiger partial charge is 0.294 e. The van der Waals surface area contributed by atoms with Crippen molar-refractivity contribution in [1.82, 2.24) is 9.55 Å². The molecule has 0 saturated carbocycles. The highest BCUT2D eigenvalue weighted by Crippen LogP contribution is 2.35. The monoisotopic (exact) mass is 310 g/mol. The molecule has 0 N–H and O–H groups in total. The van der Waals surface area contributed by atoms with Gasteiger partial charge < -0.3 is 0 Å². The van der Waals surface area contributed by atoms with Crippen LogP contribution in [0.1, 0.15) is 29.3 Å². The van der Waals surface area contributed by atoms with Crippen molar-refractivity contribution < 1.29 is 0 Å². The molecular formula is C18H18N2OS. The molecule has 112 valence electrons. The standard InChI is InChI=1S/C18H18N2OS/c1-12-7-8-14-15(9-12)22-17-16(14)18(21)20(11-19-17)10-13-5-3-2-4-6-13/h2-6,11-12H,7-10H2,1H3/t12-/m1/s1. The van der Waals surface area contributed by atoms with E-state index in [4.69, 9.17) is 0 Å². The SMILES string of the molecule is C[C@@H]1CCc2c(sc3ncn(Cc4ccccc4)c(=O)c23)C1. The van der Waals surface area contributed by atoms with Gasteiger partial charge in [-0.05, 0) is 36.3 Å². The molecule has 2 heterocycles. The fraction of sp³-hybridized carbons (Fsp3) is 0.333. The molecule has 0 fully saturated rings. The zero-order valence-corrected chi connectivity index (χ0v) is 13.4. The molecule has 1 atom stereocenters. The molecule has 1 aromatic carbocycles. The number of thiophene rings is 1. The zero-order valence-electron chi connectivity index (χ0n) is 12.6. The summed E-state index contributed by atoms with van der Waals surface area (Å²) in [6.07, 6.45) is 4.98. The number of benzene rings is 1. The van der Waals surface area contributed by atoms with Crippen molar-refractivity contribution >= 4 is 21.6 Å². The van der Waals surface area contributed by atoms with Gasteiger partial charge in [-0.3, -0.25) is 9.36 Å². The second-order valence-corrected chi connectivity index (χ2v) is 7.28. The van der Waals surface area contributed by atoms with Crippen molar-refractivity contribution in [2.24, 2.45) is 5.92 Å². The van der Waals surface area contributed by atoms with Crippen molar-refractivity contribution in [3.05, 3.63) is 63.0 Å². The Morgan fingerprint density at radius 3 is 2.95 bits per heavy atom. The minimum atomic E-state index is 0.112. The number of rotatable bonds is 2. The maximum Gasteiger partial charge on any atom is 0.262 e. The number of hydrogen-bond acceptors (Lipinski definition) is 3. The highest BCUT2D eigenvalue weighted by molar-refractivity contribution is 7.18. The summed E-state index contributed by atoms with van der Waals surface area (Å²) >= 11 is 1.71. The fourth-order valence-corrected chi connectivity index (χ4v) is 4.60. The molecule has 0 spiro atoms. The van der Waals surface area contributed by atoms with E-state index in [0.717, 1.165) is 28.6 Å². The predicted molar refractivity (Wildman–Crippen MR) is 90.6 cm³/mol. The summed E-state index contributed by atoms with van der Waals surface area (Å²) in [6.45, 7) is 2.87. The molecule has 3 nitrogen and oxygen atoms in total. The van der Waals surface area contributed by atoms with E-state index in [0.29, 0.717) is 12.5 Å². The van der Waals surface area contributed by atoms with Crippen molar-refractivity contribution in [3.8, 4) is 0 Å². The normalized spacial score (nSPS) is 17.6. The van der Waals surface area contributed by atoms with Crippen LogP contribution in [0.25, 0.3) is 10.2 Å². The molecule has 0 aliphatic heterocycles. The first-order valence-corrected chi connectivity index (χ1v) is 8.57. The Hall–Kier alpha value is -1.94. The van der Waals surface area contributed by atoms with Gasteiger partial charge >= 0.3 is 0 Å². The summed E-state index contributed by atoms with van der Waals surface area (Å²) in [4.78, 5) is 19.7. The lowest BCUT2D eigenvalue weighted by Gasteiger charge is -2.17. The lowest BCUT2D eigenvalue weighted by molar-refractivity contribution is 0.509. The fourth-order valence-electron chi connectivity index (χ4n) is 3.26. The minimum absolute atomic E-state index is 0.112. The van der Waals surface area contributed by atoms with E-state index >= 15 is 0 Å². The van der Waals surface area contributed by atoms with Gasteiger partial charge in [0.05, 0.1) is 18.3 Å². The summed E-state index contributed by atoms with van der Waals surface area (Å²) in [5, 5.41) is 0.866. The molecule has 1 aliphatic carbocycles. The Balaban J connectivity index is 1.82. The molecular weight excluding hydrogens is 292 g/mol. The van der Waals surface area contributed by atoms with Crippen molar-refractivity contribution in [2.75, 3.05) is 0 Å². The van der Waals surface area contributed by atoms with Crippen LogP contribution in [0.15, 0.2) is 41.5 Å². The Morgan fingerprint density at radius 1 is 1.32 bits per heavy atom. The van der Waals surface area contributed by atoms with Crippen molar-refractivity contribution in [2.45, 2.75) is 32.7 Å². The second-order valence-electron chi connectivity index (χ2n) is 6.20. The van der Waals surface area contributed by atoms with Gasteiger partial charge in [-0.15, -0.1) is 11.3 Å². The molecule has 0 radical (unpaired) electrons. The van der Waals surface area contributed by atoms with Gasteiger partial charge in [0.25, 0.3) is 5.56 Å². The predicted octanol–water partition coefficient (Wildman–Crippen LogP) is 3.63. The summed E-state index contributed by atoms with van der Waals surface area (Å²) < 4.78 is 1.74. The summed E-state index contributed by atoms with van der Waals surface area (Å²) in [6, 6.07) is 10.1. The van der Waals surface area contributed by atoms with E-state index in [2.05, 4.69) is 11.9 Å². The maximum atomic E-state index is 12.9. The first-order valence-electron chi connectivity index (χ1n) is 7.76. The summed E-state index contributed by atoms with van der Waals surface area (Å²) in [5.41, 5.74) is 2.50. The quantitative estimate of drug-likeness (QED) is 0.724. The molecule has 22 heavy (non-hydrogen) atoms. The summed E-state index contributed by atoms with van der Waals surface area (Å²) in [5.74, 6) is 0.715. The average molecular weight is 310 g/mol. The van der Waals surface area contributed by atoms with Crippen LogP contribution in [-0.2, 0) is 19.4 Å². The van der Waals surface area contributed by atoms with Gasteiger partial charge in [0, 0.05) is 4.88 Å². The number of nitrogens with zero attached hydrogens (tertiary/aromatic N) is 2. The van der Waals surface area contributed by atoms with E-state index < -0.39 is 0 Å². The van der Waals surface area contributed by atoms with Crippen molar-refractivity contribution in [3.63, 3.8) is 0 Å². The van der Waals surface area contributed by atoms with Crippen LogP contribution in [-0.4, -0.2) is 9.55 Å². The third-order valence-electron chi connectivity index (χ3n) is 4.48. The first kappa shape index (κ1) is 13.7. The molecule has 0 amide bonds. The molecule has 1 aliphatic rings. The third-order valence-corrected chi connectivity index (χ3v) is 5.64. The van der Waals surface area contributed by atoms with Crippen LogP contribution in [0, 0.1) is 5.92 Å². The molecule has 3 aromatic rings. The highest BCUT2D eigenvalue weighted by Gasteiger charge is 2.23. The van der Waals surface area contributed by atoms with Crippen LogP contribution < -0.4 is 5.56 Å². The minimum Gasteiger partial charge on any atom is -0.294 e. The smallest absolute Gasteiger partial charge is 0.262 e. The molecule has 4 heteroatoms. The van der Waals surface area contributed by atoms with Gasteiger partial charge in [-0.2, -0.15) is 0 Å². The lowest BCUT2D eigenvalue weighted by atomic mass is 9.89. The third kappa shape index (κ3) is 2.28. The van der Waals surface area contributed by atoms with Gasteiger partial charge in [-0.25, -0.2) is 4.98 Å². The maximum absolute atomic E-state index is 12.9. The number of aryl methyl sites for hydroxylation is 1. The van der Waals surface area contributed by atoms with Crippen LogP contribution >= 0.6 is 11.3 Å². The zero-order chi connectivity index (χ0) is 15.1. The van der Waals surface area contributed by atoms with Gasteiger partial charge in [-0.1, -0.05) is 37.3 Å². The Morgan fingerprint density at radius 2 is 2.14 bits per heavy atom. The van der Waals surface area contributed by atoms with E-state index in [1.165, 1.54) is 16.9 Å². The number of hydrogen-bond donors (Lipinski definition) is 0. The topological polar surface area (TPSA) is 34.9 Å². The second kappa shape index (κ2) is 5.36. The molecule has 2 aromatic heterocycles. The van der Waals surface area contributed by atoms with Crippen molar-refractivity contribution in [1.29, 1.82) is 0 Å². The van der Waals surface area contributed by atoms with Gasteiger partial charge in [0.15, 0.2) is 0 Å². The molecule has 0 bridgehead atoms. The van der Waals surface area contributed by atoms with E-state index in [9.17, 15) is 4.79 Å².